The lowest BCUT2D eigenvalue weighted by molar-refractivity contribution is -0.438. The Morgan fingerprint density at radius 3 is 2.29 bits per heavy atom. The van der Waals surface area contributed by atoms with E-state index in [0.29, 0.717) is 37.8 Å². The fraction of sp³-hybridized carbons (Fsp3) is 0.300. The molecule has 0 saturated heterocycles. The standard InChI is InChI=1S/C30H32N2O8S2/c1-30(2)27(13-8-9-17-31-21-11-5-3-6-12-21)32(18-10-4-7-14-28(33)34)25-16-15-23-24(29(25)30)19-22(41(35,36)37)20-26(23)42(38,39)40/h3,5-6,8,11-13,15-17,19-20H,4,7,9-10,14,18H2,1-2H3,(H2-,33,34,35,36,37,38,39,40)/p+1. The molecule has 222 valence electrons. The Bertz CT molecular complexity index is 1830. The van der Waals surface area contributed by atoms with Crippen LogP contribution in [0.15, 0.2) is 81.5 Å². The van der Waals surface area contributed by atoms with E-state index >= 15 is 0 Å². The lowest BCUT2D eigenvalue weighted by atomic mass is 9.79. The molecular weight excluding hydrogens is 580 g/mol. The number of hydrogen-bond donors (Lipinski definition) is 3. The number of rotatable bonds is 12. The molecule has 0 amide bonds. The number of para-hydroxylation sites is 1. The second-order valence-electron chi connectivity index (χ2n) is 10.6. The van der Waals surface area contributed by atoms with Gasteiger partial charge in [-0.25, -0.2) is 0 Å². The summed E-state index contributed by atoms with van der Waals surface area (Å²) in [4.78, 5) is 14.1. The Hall–Kier alpha value is -3.71. The van der Waals surface area contributed by atoms with Gasteiger partial charge in [0.05, 0.1) is 16.0 Å². The molecule has 3 N–H and O–H groups in total. The number of nitrogens with zero attached hydrogens (tertiary/aromatic N) is 2. The number of hydrogen-bond acceptors (Lipinski definition) is 6. The van der Waals surface area contributed by atoms with Gasteiger partial charge in [-0.1, -0.05) is 24.3 Å². The lowest BCUT2D eigenvalue weighted by Gasteiger charge is -2.19. The first kappa shape index (κ1) is 31.2. The van der Waals surface area contributed by atoms with Crippen molar-refractivity contribution in [2.45, 2.75) is 61.2 Å². The van der Waals surface area contributed by atoms with Gasteiger partial charge in [-0.2, -0.15) is 21.4 Å². The van der Waals surface area contributed by atoms with Crippen LogP contribution in [0.3, 0.4) is 0 Å². The zero-order chi connectivity index (χ0) is 30.7. The normalized spacial score (nSPS) is 15.2. The first-order valence-electron chi connectivity index (χ1n) is 13.4. The maximum absolute atomic E-state index is 12.3. The number of benzene rings is 3. The van der Waals surface area contributed by atoms with Crippen molar-refractivity contribution in [1.29, 1.82) is 0 Å². The molecule has 1 heterocycles. The number of allylic oxidation sites excluding steroid dienone is 2. The molecule has 12 heteroatoms. The molecule has 0 radical (unpaired) electrons. The monoisotopic (exact) mass is 613 g/mol. The van der Waals surface area contributed by atoms with Gasteiger partial charge in [-0.05, 0) is 62.4 Å². The Kier molecular flexibility index (Phi) is 9.12. The van der Waals surface area contributed by atoms with Crippen LogP contribution in [-0.2, 0) is 30.4 Å². The molecule has 0 fully saturated rings. The van der Waals surface area contributed by atoms with Crippen LogP contribution in [0.4, 0.5) is 11.4 Å². The number of carboxylic acids is 1. The first-order valence-corrected chi connectivity index (χ1v) is 16.3. The number of aliphatic imine (C=N–C) groups is 1. The third-order valence-corrected chi connectivity index (χ3v) is 8.98. The molecule has 1 aliphatic heterocycles. The van der Waals surface area contributed by atoms with E-state index < -0.39 is 41.4 Å². The van der Waals surface area contributed by atoms with Crippen LogP contribution in [0, 0.1) is 0 Å². The first-order chi connectivity index (χ1) is 19.7. The zero-order valence-electron chi connectivity index (χ0n) is 23.3. The minimum atomic E-state index is -4.84. The van der Waals surface area contributed by atoms with Crippen LogP contribution in [0.1, 0.15) is 51.5 Å². The molecule has 3 aromatic carbocycles. The summed E-state index contributed by atoms with van der Waals surface area (Å²) >= 11 is 0. The molecule has 0 aliphatic carbocycles. The summed E-state index contributed by atoms with van der Waals surface area (Å²) in [5, 5.41) is 9.38. The lowest BCUT2D eigenvalue weighted by Crippen LogP contribution is -2.28. The Labute approximate surface area is 245 Å². The van der Waals surface area contributed by atoms with Gasteiger partial charge in [0.25, 0.3) is 20.2 Å². The Morgan fingerprint density at radius 1 is 0.929 bits per heavy atom. The van der Waals surface area contributed by atoms with E-state index in [4.69, 9.17) is 5.11 Å². The minimum absolute atomic E-state index is 0.0702. The van der Waals surface area contributed by atoms with E-state index in [1.165, 1.54) is 12.1 Å². The van der Waals surface area contributed by atoms with Crippen molar-refractivity contribution < 1.29 is 40.4 Å². The van der Waals surface area contributed by atoms with Crippen LogP contribution in [0.25, 0.3) is 10.8 Å². The van der Waals surface area contributed by atoms with Crippen molar-refractivity contribution in [3.63, 3.8) is 0 Å². The predicted octanol–water partition coefficient (Wildman–Crippen LogP) is 5.70. The molecular formula is C30H33N2O8S2+. The van der Waals surface area contributed by atoms with E-state index in [-0.39, 0.29) is 17.2 Å². The van der Waals surface area contributed by atoms with Gasteiger partial charge in [-0.3, -0.25) is 18.9 Å². The van der Waals surface area contributed by atoms with Gasteiger partial charge in [0.2, 0.25) is 5.69 Å². The smallest absolute Gasteiger partial charge is 0.303 e. The summed E-state index contributed by atoms with van der Waals surface area (Å²) < 4.78 is 70.5. The third-order valence-electron chi connectivity index (χ3n) is 7.26. The molecule has 0 saturated carbocycles. The van der Waals surface area contributed by atoms with Crippen molar-refractivity contribution in [3.05, 3.63) is 72.3 Å². The van der Waals surface area contributed by atoms with E-state index in [2.05, 4.69) is 9.57 Å². The average Bonchev–Trinajstić information content (AvgIpc) is 3.12. The van der Waals surface area contributed by atoms with Gasteiger partial charge in [0, 0.05) is 48.6 Å². The van der Waals surface area contributed by atoms with Crippen LogP contribution in [0.2, 0.25) is 0 Å². The Morgan fingerprint density at radius 2 is 1.64 bits per heavy atom. The summed E-state index contributed by atoms with van der Waals surface area (Å²) in [7, 11) is -9.64. The zero-order valence-corrected chi connectivity index (χ0v) is 24.9. The van der Waals surface area contributed by atoms with Crippen molar-refractivity contribution in [3.8, 4) is 0 Å². The highest BCUT2D eigenvalue weighted by molar-refractivity contribution is 7.86. The molecule has 3 aromatic rings. The van der Waals surface area contributed by atoms with Gasteiger partial charge >= 0.3 is 5.97 Å². The average molecular weight is 614 g/mol. The summed E-state index contributed by atoms with van der Waals surface area (Å²) in [6.07, 6.45) is 8.15. The number of unbranched alkanes of at least 4 members (excludes halogenated alkanes) is 2. The number of carbonyl (C=O) groups is 1. The van der Waals surface area contributed by atoms with Gasteiger partial charge in [-0.15, -0.1) is 0 Å². The van der Waals surface area contributed by atoms with Gasteiger partial charge in [0.1, 0.15) is 11.4 Å². The molecule has 4 rings (SSSR count). The highest BCUT2D eigenvalue weighted by Gasteiger charge is 2.46. The molecule has 0 aromatic heterocycles. The van der Waals surface area contributed by atoms with E-state index in [1.54, 1.807) is 12.3 Å². The Balaban J connectivity index is 1.81. The second kappa shape index (κ2) is 12.3. The number of fused-ring (bicyclic) bond motifs is 3. The van der Waals surface area contributed by atoms with Gasteiger partial charge < -0.3 is 5.11 Å². The minimum Gasteiger partial charge on any atom is -0.481 e. The van der Waals surface area contributed by atoms with Crippen LogP contribution in [-0.4, -0.2) is 60.1 Å². The fourth-order valence-electron chi connectivity index (χ4n) is 5.38. The van der Waals surface area contributed by atoms with E-state index in [1.807, 2.05) is 56.3 Å². The fourth-order valence-corrected chi connectivity index (χ4v) is 6.72. The highest BCUT2D eigenvalue weighted by Crippen LogP contribution is 2.46. The van der Waals surface area contributed by atoms with Gasteiger partial charge in [0.15, 0.2) is 5.71 Å². The van der Waals surface area contributed by atoms with Crippen LogP contribution >= 0.6 is 0 Å². The highest BCUT2D eigenvalue weighted by atomic mass is 32.2. The van der Waals surface area contributed by atoms with Crippen LogP contribution in [0.5, 0.6) is 0 Å². The molecule has 0 unspecified atom stereocenters. The molecule has 0 bridgehead atoms. The topological polar surface area (TPSA) is 161 Å². The summed E-state index contributed by atoms with van der Waals surface area (Å²) in [6.45, 7) is 4.39. The predicted molar refractivity (Wildman–Crippen MR) is 161 cm³/mol. The number of aliphatic carboxylic acids is 1. The number of carboxylic acid groups (broad SMARTS) is 1. The van der Waals surface area contributed by atoms with E-state index in [0.717, 1.165) is 23.2 Å². The molecule has 42 heavy (non-hydrogen) atoms. The second-order valence-corrected chi connectivity index (χ2v) is 13.4. The SMILES string of the molecule is CC1(C)C(C=CCC=Nc2ccccc2)=[N+](CCCCCC(=O)O)c2ccc3c(S(=O)(=O)O)cc(S(=O)(=O)O)cc3c21. The van der Waals surface area contributed by atoms with E-state index in [9.17, 15) is 30.7 Å². The van der Waals surface area contributed by atoms with Crippen molar-refractivity contribution in [1.82, 2.24) is 0 Å². The molecule has 1 aliphatic rings. The molecule has 0 spiro atoms. The summed E-state index contributed by atoms with van der Waals surface area (Å²) in [5.74, 6) is -0.856. The van der Waals surface area contributed by atoms with Crippen molar-refractivity contribution >= 4 is 60.3 Å². The van der Waals surface area contributed by atoms with Crippen molar-refractivity contribution in [2.75, 3.05) is 6.54 Å². The maximum atomic E-state index is 12.3. The van der Waals surface area contributed by atoms with Crippen molar-refractivity contribution in [2.24, 2.45) is 4.99 Å². The molecule has 10 nitrogen and oxygen atoms in total. The largest absolute Gasteiger partial charge is 0.481 e. The summed E-state index contributed by atoms with van der Waals surface area (Å²) in [5.41, 5.74) is 2.29. The quantitative estimate of drug-likeness (QED) is 0.101. The summed E-state index contributed by atoms with van der Waals surface area (Å²) in [6, 6.07) is 14.7. The molecule has 0 atom stereocenters. The third kappa shape index (κ3) is 6.84. The maximum Gasteiger partial charge on any atom is 0.303 e. The van der Waals surface area contributed by atoms with Crippen LogP contribution < -0.4 is 0 Å².